The van der Waals surface area contributed by atoms with Crippen LogP contribution in [0.1, 0.15) is 33.5 Å². The van der Waals surface area contributed by atoms with Crippen molar-refractivity contribution in [3.05, 3.63) is 64.7 Å². The molecule has 2 aromatic rings. The zero-order valence-corrected chi connectivity index (χ0v) is 17.4. The van der Waals surface area contributed by atoms with E-state index in [0.717, 1.165) is 36.2 Å². The van der Waals surface area contributed by atoms with E-state index in [4.69, 9.17) is 0 Å². The van der Waals surface area contributed by atoms with Gasteiger partial charge in [0.25, 0.3) is 11.5 Å². The van der Waals surface area contributed by atoms with Crippen molar-refractivity contribution in [2.45, 2.75) is 37.3 Å². The van der Waals surface area contributed by atoms with E-state index in [1.54, 1.807) is 18.2 Å². The summed E-state index contributed by atoms with van der Waals surface area (Å²) in [4.78, 5) is 13.8. The lowest BCUT2D eigenvalue weighted by Gasteiger charge is -2.36. The molecule has 1 aliphatic heterocycles. The van der Waals surface area contributed by atoms with Gasteiger partial charge in [0.1, 0.15) is 0 Å². The highest BCUT2D eigenvalue weighted by atomic mass is 19.4. The highest BCUT2D eigenvalue weighted by Gasteiger charge is 2.72. The molecular formula is C22H22F6N2O2. The van der Waals surface area contributed by atoms with Gasteiger partial charge >= 0.3 is 12.4 Å². The minimum absolute atomic E-state index is 0.212. The fraction of sp³-hybridized carbons (Fsp3) is 0.409. The van der Waals surface area contributed by atoms with Gasteiger partial charge in [0.15, 0.2) is 0 Å². The molecule has 174 valence electrons. The second-order valence-corrected chi connectivity index (χ2v) is 7.53. The molecule has 1 aliphatic rings. The smallest absolute Gasteiger partial charge is 0.367 e. The van der Waals surface area contributed by atoms with Gasteiger partial charge < -0.3 is 15.0 Å². The zero-order valence-electron chi connectivity index (χ0n) is 17.4. The lowest BCUT2D eigenvalue weighted by atomic mass is 9.91. The number of amides is 1. The van der Waals surface area contributed by atoms with Crippen LogP contribution in [0, 0.1) is 0 Å². The zero-order chi connectivity index (χ0) is 23.7. The maximum atomic E-state index is 13.4. The van der Waals surface area contributed by atoms with Crippen molar-refractivity contribution < 1.29 is 35.9 Å². The number of hydrogen-bond acceptors (Lipinski definition) is 3. The van der Waals surface area contributed by atoms with Crippen molar-refractivity contribution in [2.75, 3.05) is 25.6 Å². The molecule has 4 nitrogen and oxygen atoms in total. The molecule has 2 aromatic carbocycles. The molecule has 1 heterocycles. The molecule has 0 fully saturated rings. The fourth-order valence-electron chi connectivity index (χ4n) is 4.03. The molecular weight excluding hydrogens is 438 g/mol. The Morgan fingerprint density at radius 1 is 1.03 bits per heavy atom. The summed E-state index contributed by atoms with van der Waals surface area (Å²) >= 11 is 0. The number of methoxy groups -OCH3 is 1. The lowest BCUT2D eigenvalue weighted by Crippen LogP contribution is -2.55. The van der Waals surface area contributed by atoms with E-state index >= 15 is 0 Å². The normalized spacial score (nSPS) is 14.8. The number of nitrogens with zero attached hydrogens (tertiary/aromatic N) is 1. The number of carbonyl (C=O) groups is 1. The summed E-state index contributed by atoms with van der Waals surface area (Å²) in [7, 11) is 1.93. The van der Waals surface area contributed by atoms with E-state index in [0.29, 0.717) is 31.3 Å². The van der Waals surface area contributed by atoms with Crippen LogP contribution < -0.4 is 10.2 Å². The van der Waals surface area contributed by atoms with Gasteiger partial charge in [0.05, 0.1) is 0 Å². The minimum Gasteiger partial charge on any atom is -0.367 e. The van der Waals surface area contributed by atoms with E-state index in [1.165, 1.54) is 19.2 Å². The van der Waals surface area contributed by atoms with Crippen LogP contribution in [0.5, 0.6) is 0 Å². The summed E-state index contributed by atoms with van der Waals surface area (Å²) in [6, 6.07) is 9.37. The third-order valence-electron chi connectivity index (χ3n) is 5.62. The number of ether oxygens (including phenoxy) is 1. The number of alkyl halides is 6. The van der Waals surface area contributed by atoms with Crippen molar-refractivity contribution in [2.24, 2.45) is 0 Å². The van der Waals surface area contributed by atoms with E-state index in [2.05, 4.69) is 10.1 Å². The van der Waals surface area contributed by atoms with Crippen LogP contribution in [0.3, 0.4) is 0 Å². The maximum Gasteiger partial charge on any atom is 0.430 e. The van der Waals surface area contributed by atoms with Gasteiger partial charge in [-0.2, -0.15) is 26.3 Å². The molecule has 0 aromatic heterocycles. The quantitative estimate of drug-likeness (QED) is 0.641. The Hall–Kier alpha value is -2.75. The van der Waals surface area contributed by atoms with Crippen LogP contribution in [0.25, 0.3) is 0 Å². The molecule has 0 saturated heterocycles. The van der Waals surface area contributed by atoms with E-state index in [-0.39, 0.29) is 5.91 Å². The number of nitrogens with one attached hydrogen (secondary N) is 1. The van der Waals surface area contributed by atoms with Gasteiger partial charge in [-0.3, -0.25) is 4.79 Å². The second kappa shape index (κ2) is 8.65. The molecule has 3 rings (SSSR count). The maximum absolute atomic E-state index is 13.4. The van der Waals surface area contributed by atoms with Crippen LogP contribution in [-0.4, -0.2) is 39.0 Å². The minimum atomic E-state index is -5.68. The first-order valence-corrected chi connectivity index (χ1v) is 9.82. The number of benzene rings is 2. The molecule has 1 amide bonds. The van der Waals surface area contributed by atoms with Gasteiger partial charge in [-0.05, 0) is 42.2 Å². The Balaban J connectivity index is 1.88. The summed E-state index contributed by atoms with van der Waals surface area (Å²) in [6.45, 7) is 0.964. The number of hydrogen-bond donors (Lipinski definition) is 1. The number of rotatable bonds is 5. The van der Waals surface area contributed by atoms with Crippen LogP contribution >= 0.6 is 0 Å². The lowest BCUT2D eigenvalue weighted by molar-refractivity contribution is -0.383. The Labute approximate surface area is 181 Å². The molecule has 0 radical (unpaired) electrons. The monoisotopic (exact) mass is 460 g/mol. The van der Waals surface area contributed by atoms with E-state index in [9.17, 15) is 31.1 Å². The largest absolute Gasteiger partial charge is 0.430 e. The SMILES string of the molecule is CNC(=O)c1ccc2c(c1)CCCN2Cc1ccc(C(OC)(C(F)(F)F)C(F)(F)F)cc1. The standard InChI is InChI=1S/C22H22F6N2O2/c1-29-19(31)16-7-10-18-15(12-16)4-3-11-30(18)13-14-5-8-17(9-6-14)20(32-2,21(23,24)25)22(26,27)28/h5-10,12H,3-4,11,13H2,1-2H3,(H,29,31). The third kappa shape index (κ3) is 4.15. The molecule has 10 heteroatoms. The predicted molar refractivity (Wildman–Crippen MR) is 106 cm³/mol. The first kappa shape index (κ1) is 23.9. The van der Waals surface area contributed by atoms with Gasteiger partial charge in [-0.25, -0.2) is 0 Å². The summed E-state index contributed by atoms with van der Waals surface area (Å²) in [5, 5.41) is 2.56. The number of fused-ring (bicyclic) bond motifs is 1. The Morgan fingerprint density at radius 2 is 1.66 bits per heavy atom. The molecule has 32 heavy (non-hydrogen) atoms. The summed E-state index contributed by atoms with van der Waals surface area (Å²) in [6.07, 6.45) is -9.80. The number of anilines is 1. The molecule has 1 N–H and O–H groups in total. The first-order valence-electron chi connectivity index (χ1n) is 9.82. The topological polar surface area (TPSA) is 41.6 Å². The third-order valence-corrected chi connectivity index (χ3v) is 5.62. The van der Waals surface area contributed by atoms with Gasteiger partial charge in [0.2, 0.25) is 0 Å². The van der Waals surface area contributed by atoms with Crippen molar-refractivity contribution in [1.29, 1.82) is 0 Å². The van der Waals surface area contributed by atoms with Crippen molar-refractivity contribution in [1.82, 2.24) is 5.32 Å². The Kier molecular flexibility index (Phi) is 6.46. The van der Waals surface area contributed by atoms with Gasteiger partial charge in [0, 0.05) is 44.1 Å². The molecule has 0 unspecified atom stereocenters. The van der Waals surface area contributed by atoms with Crippen LogP contribution in [0.4, 0.5) is 32.0 Å². The number of aryl methyl sites for hydroxylation is 1. The van der Waals surface area contributed by atoms with Crippen molar-refractivity contribution in [3.8, 4) is 0 Å². The molecule has 0 spiro atoms. The molecule has 0 saturated carbocycles. The van der Waals surface area contributed by atoms with Gasteiger partial charge in [-0.15, -0.1) is 0 Å². The second-order valence-electron chi connectivity index (χ2n) is 7.53. The Bertz CT molecular complexity index is 956. The molecule has 0 bridgehead atoms. The average molecular weight is 460 g/mol. The van der Waals surface area contributed by atoms with Crippen LogP contribution in [0.15, 0.2) is 42.5 Å². The van der Waals surface area contributed by atoms with Crippen LogP contribution in [0.2, 0.25) is 0 Å². The fourth-order valence-corrected chi connectivity index (χ4v) is 4.03. The number of halogens is 6. The van der Waals surface area contributed by atoms with Crippen LogP contribution in [-0.2, 0) is 23.3 Å². The molecule has 0 aliphatic carbocycles. The highest BCUT2D eigenvalue weighted by molar-refractivity contribution is 5.94. The van der Waals surface area contributed by atoms with Crippen molar-refractivity contribution in [3.63, 3.8) is 0 Å². The summed E-state index contributed by atoms with van der Waals surface area (Å²) < 4.78 is 84.6. The molecule has 0 atom stereocenters. The Morgan fingerprint density at radius 3 is 2.19 bits per heavy atom. The van der Waals surface area contributed by atoms with Gasteiger partial charge in [-0.1, -0.05) is 24.3 Å². The van der Waals surface area contributed by atoms with E-state index < -0.39 is 23.5 Å². The predicted octanol–water partition coefficient (Wildman–Crippen LogP) is 4.97. The summed E-state index contributed by atoms with van der Waals surface area (Å²) in [5.74, 6) is -0.212. The highest BCUT2D eigenvalue weighted by Crippen LogP contribution is 2.52. The number of carbonyl (C=O) groups excluding carboxylic acids is 1. The average Bonchev–Trinajstić information content (AvgIpc) is 2.73. The summed E-state index contributed by atoms with van der Waals surface area (Å²) in [5.41, 5.74) is -2.52. The van der Waals surface area contributed by atoms with Crippen molar-refractivity contribution >= 4 is 11.6 Å². The van der Waals surface area contributed by atoms with E-state index in [1.807, 2.05) is 4.90 Å². The first-order chi connectivity index (χ1) is 14.9.